The molecule has 0 N–H and O–H groups in total. The van der Waals surface area contributed by atoms with Crippen LogP contribution >= 0.6 is 7.14 Å². The third-order valence-corrected chi connectivity index (χ3v) is 7.16. The van der Waals surface area contributed by atoms with Gasteiger partial charge in [-0.3, -0.25) is 0 Å². The van der Waals surface area contributed by atoms with E-state index in [1.165, 1.54) is 48.5 Å². The zero-order valence-corrected chi connectivity index (χ0v) is 14.1. The molecule has 0 fully saturated rings. The van der Waals surface area contributed by atoms with Gasteiger partial charge in [-0.05, 0) is 60.5 Å². The van der Waals surface area contributed by atoms with Crippen LogP contribution in [0, 0.1) is 11.6 Å². The number of rotatable bonds is 4. The lowest BCUT2D eigenvalue weighted by molar-refractivity contribution is 0.592. The number of benzene rings is 3. The fourth-order valence-corrected chi connectivity index (χ4v) is 5.29. The second-order valence-electron chi connectivity index (χ2n) is 5.58. The first-order chi connectivity index (χ1) is 11.5. The molecule has 0 radical (unpaired) electrons. The van der Waals surface area contributed by atoms with Gasteiger partial charge in [0.15, 0.2) is 7.14 Å². The van der Waals surface area contributed by atoms with Crippen molar-refractivity contribution in [3.05, 3.63) is 90.0 Å². The Morgan fingerprint density at radius 3 is 1.33 bits per heavy atom. The lowest BCUT2D eigenvalue weighted by Crippen LogP contribution is -2.25. The van der Waals surface area contributed by atoms with Crippen LogP contribution in [0.5, 0.6) is 0 Å². The molecule has 1 nitrogen and oxygen atoms in total. The summed E-state index contributed by atoms with van der Waals surface area (Å²) in [6.45, 7) is 2.05. The first-order valence-electron chi connectivity index (χ1n) is 7.76. The minimum absolute atomic E-state index is 0.384. The van der Waals surface area contributed by atoms with Gasteiger partial charge in [0.1, 0.15) is 11.6 Å². The van der Waals surface area contributed by atoms with Crippen molar-refractivity contribution in [1.29, 1.82) is 0 Å². The average molecular weight is 342 g/mol. The van der Waals surface area contributed by atoms with Gasteiger partial charge >= 0.3 is 0 Å². The van der Waals surface area contributed by atoms with Crippen LogP contribution in [0.4, 0.5) is 8.78 Å². The van der Waals surface area contributed by atoms with E-state index in [1.807, 2.05) is 24.3 Å². The molecule has 0 heterocycles. The second-order valence-corrected chi connectivity index (χ2v) is 8.35. The third-order valence-electron chi connectivity index (χ3n) is 4.09. The fourth-order valence-electron chi connectivity index (χ4n) is 2.69. The predicted octanol–water partition coefficient (Wildman–Crippen LogP) is 4.17. The highest BCUT2D eigenvalue weighted by atomic mass is 31.2. The Hall–Kier alpha value is -2.25. The number of halogens is 2. The smallest absolute Gasteiger partial charge is 0.171 e. The van der Waals surface area contributed by atoms with E-state index < -0.39 is 7.14 Å². The van der Waals surface area contributed by atoms with Crippen molar-refractivity contribution < 1.29 is 13.3 Å². The predicted molar refractivity (Wildman–Crippen MR) is 95.1 cm³/mol. The van der Waals surface area contributed by atoms with Crippen LogP contribution in [-0.4, -0.2) is 0 Å². The van der Waals surface area contributed by atoms with Gasteiger partial charge in [0, 0.05) is 15.9 Å². The molecule has 0 bridgehead atoms. The summed E-state index contributed by atoms with van der Waals surface area (Å²) < 4.78 is 40.6. The van der Waals surface area contributed by atoms with E-state index in [2.05, 4.69) is 6.92 Å². The van der Waals surface area contributed by atoms with E-state index >= 15 is 0 Å². The Morgan fingerprint density at radius 1 is 0.667 bits per heavy atom. The molecule has 122 valence electrons. The minimum atomic E-state index is -3.18. The topological polar surface area (TPSA) is 17.1 Å². The maximum absolute atomic E-state index is 14.0. The van der Waals surface area contributed by atoms with Gasteiger partial charge in [-0.25, -0.2) is 8.78 Å². The Labute approximate surface area is 140 Å². The quantitative estimate of drug-likeness (QED) is 0.651. The summed E-state index contributed by atoms with van der Waals surface area (Å²) in [5, 5.41) is 1.71. The van der Waals surface area contributed by atoms with Gasteiger partial charge in [-0.1, -0.05) is 31.2 Å². The highest BCUT2D eigenvalue weighted by molar-refractivity contribution is 7.85. The van der Waals surface area contributed by atoms with Gasteiger partial charge in [0.2, 0.25) is 0 Å². The third kappa shape index (κ3) is 3.05. The Bertz CT molecular complexity index is 820. The molecule has 0 aliphatic rings. The van der Waals surface area contributed by atoms with Gasteiger partial charge in [-0.15, -0.1) is 0 Å². The van der Waals surface area contributed by atoms with Gasteiger partial charge in [0.25, 0.3) is 0 Å². The summed E-state index contributed by atoms with van der Waals surface area (Å²) in [4.78, 5) is 0. The number of hydrogen-bond donors (Lipinski definition) is 0. The van der Waals surface area contributed by atoms with Crippen molar-refractivity contribution >= 4 is 23.1 Å². The summed E-state index contributed by atoms with van der Waals surface area (Å²) >= 11 is 0. The second kappa shape index (κ2) is 6.70. The molecule has 3 aromatic carbocycles. The average Bonchev–Trinajstić information content (AvgIpc) is 2.62. The molecule has 24 heavy (non-hydrogen) atoms. The van der Waals surface area contributed by atoms with Crippen LogP contribution in [0.3, 0.4) is 0 Å². The van der Waals surface area contributed by atoms with Crippen molar-refractivity contribution in [1.82, 2.24) is 0 Å². The molecule has 3 rings (SSSR count). The highest BCUT2D eigenvalue weighted by Crippen LogP contribution is 2.42. The van der Waals surface area contributed by atoms with Crippen LogP contribution in [0.1, 0.15) is 12.5 Å². The number of hydrogen-bond acceptors (Lipinski definition) is 1. The number of aryl methyl sites for hydroxylation is 1. The summed E-state index contributed by atoms with van der Waals surface area (Å²) in [5.74, 6) is -0.767. The fraction of sp³-hybridized carbons (Fsp3) is 0.100. The van der Waals surface area contributed by atoms with Crippen molar-refractivity contribution in [2.75, 3.05) is 0 Å². The molecule has 4 heteroatoms. The standard InChI is InChI=1S/C20H17F2OP/c1-2-15-3-9-18(10-4-15)24(23,19-11-5-16(21)6-12-19)20-13-7-17(22)8-14-20/h3-14H,2H2,1H3. The van der Waals surface area contributed by atoms with Crippen LogP contribution < -0.4 is 15.9 Å². The Morgan fingerprint density at radius 2 is 1.00 bits per heavy atom. The molecule has 0 saturated heterocycles. The molecular weight excluding hydrogens is 325 g/mol. The van der Waals surface area contributed by atoms with E-state index in [1.54, 1.807) is 0 Å². The van der Waals surface area contributed by atoms with Crippen molar-refractivity contribution in [2.45, 2.75) is 13.3 Å². The summed E-state index contributed by atoms with van der Waals surface area (Å²) in [5.41, 5.74) is 1.14. The largest absolute Gasteiger partial charge is 0.309 e. The summed E-state index contributed by atoms with van der Waals surface area (Å²) in [6, 6.07) is 18.9. The maximum Gasteiger partial charge on any atom is 0.171 e. The molecule has 0 unspecified atom stereocenters. The van der Waals surface area contributed by atoms with Gasteiger partial charge < -0.3 is 4.57 Å². The van der Waals surface area contributed by atoms with E-state index in [9.17, 15) is 13.3 Å². The van der Waals surface area contributed by atoms with Gasteiger partial charge in [0.05, 0.1) is 0 Å². The minimum Gasteiger partial charge on any atom is -0.309 e. The lowest BCUT2D eigenvalue weighted by Gasteiger charge is -2.20. The molecule has 0 saturated carbocycles. The molecule has 0 aromatic heterocycles. The molecule has 3 aromatic rings. The van der Waals surface area contributed by atoms with E-state index in [0.717, 1.165) is 12.0 Å². The summed E-state index contributed by atoms with van der Waals surface area (Å²) in [7, 11) is -3.18. The van der Waals surface area contributed by atoms with Crippen molar-refractivity contribution in [3.8, 4) is 0 Å². The maximum atomic E-state index is 14.0. The lowest BCUT2D eigenvalue weighted by atomic mass is 10.2. The first kappa shape index (κ1) is 16.6. The van der Waals surface area contributed by atoms with E-state index in [0.29, 0.717) is 15.9 Å². The van der Waals surface area contributed by atoms with Crippen LogP contribution in [0.2, 0.25) is 0 Å². The first-order valence-corrected chi connectivity index (χ1v) is 9.46. The molecule has 0 aliphatic heterocycles. The molecule has 0 aliphatic carbocycles. The highest BCUT2D eigenvalue weighted by Gasteiger charge is 2.29. The summed E-state index contributed by atoms with van der Waals surface area (Å²) in [6.07, 6.45) is 0.887. The Kier molecular flexibility index (Phi) is 4.64. The Balaban J connectivity index is 2.21. The van der Waals surface area contributed by atoms with Crippen molar-refractivity contribution in [2.24, 2.45) is 0 Å². The molecule has 0 atom stereocenters. The zero-order chi connectivity index (χ0) is 17.2. The molecule has 0 spiro atoms. The van der Waals surface area contributed by atoms with Gasteiger partial charge in [-0.2, -0.15) is 0 Å². The zero-order valence-electron chi connectivity index (χ0n) is 13.2. The van der Waals surface area contributed by atoms with E-state index in [4.69, 9.17) is 0 Å². The normalized spacial score (nSPS) is 11.5. The van der Waals surface area contributed by atoms with Crippen molar-refractivity contribution in [3.63, 3.8) is 0 Å². The SMILES string of the molecule is CCc1ccc(P(=O)(c2ccc(F)cc2)c2ccc(F)cc2)cc1. The van der Waals surface area contributed by atoms with E-state index in [-0.39, 0.29) is 11.6 Å². The van der Waals surface area contributed by atoms with Crippen LogP contribution in [0.15, 0.2) is 72.8 Å². The van der Waals surface area contributed by atoms with Crippen LogP contribution in [-0.2, 0) is 11.0 Å². The molecular formula is C20H17F2OP. The monoisotopic (exact) mass is 342 g/mol. The van der Waals surface area contributed by atoms with Crippen LogP contribution in [0.25, 0.3) is 0 Å². The molecule has 0 amide bonds.